The number of hydrogen-bond acceptors (Lipinski definition) is 4. The van der Waals surface area contributed by atoms with Crippen molar-refractivity contribution in [1.82, 2.24) is 4.72 Å². The van der Waals surface area contributed by atoms with Gasteiger partial charge in [-0.15, -0.1) is 0 Å². The number of nitrogens with one attached hydrogen (secondary N) is 1. The van der Waals surface area contributed by atoms with Crippen LogP contribution in [-0.4, -0.2) is 25.7 Å². The lowest BCUT2D eigenvalue weighted by atomic mass is 9.94. The number of nitrogen functional groups attached to an aromatic ring is 1. The lowest BCUT2D eigenvalue weighted by Crippen LogP contribution is -2.38. The highest BCUT2D eigenvalue weighted by Gasteiger charge is 2.25. The lowest BCUT2D eigenvalue weighted by molar-refractivity contribution is 0.120. The molecular formula is C12H17ClN2O3S. The molecule has 1 saturated carbocycles. The maximum absolute atomic E-state index is 12.2. The molecule has 0 atom stereocenters. The van der Waals surface area contributed by atoms with E-state index in [-0.39, 0.29) is 22.7 Å². The van der Waals surface area contributed by atoms with Crippen LogP contribution < -0.4 is 10.5 Å². The first-order valence-corrected chi connectivity index (χ1v) is 8.00. The third kappa shape index (κ3) is 3.60. The van der Waals surface area contributed by atoms with Gasteiger partial charge in [0.05, 0.1) is 11.8 Å². The fourth-order valence-corrected chi connectivity index (χ4v) is 3.84. The molecular weight excluding hydrogens is 288 g/mol. The van der Waals surface area contributed by atoms with E-state index >= 15 is 0 Å². The second kappa shape index (κ2) is 5.66. The molecule has 0 radical (unpaired) electrons. The van der Waals surface area contributed by atoms with Crippen molar-refractivity contribution < 1.29 is 13.5 Å². The van der Waals surface area contributed by atoms with Crippen molar-refractivity contribution in [3.05, 3.63) is 23.2 Å². The van der Waals surface area contributed by atoms with E-state index in [9.17, 15) is 13.5 Å². The lowest BCUT2D eigenvalue weighted by Gasteiger charge is -2.26. The molecule has 0 amide bonds. The third-order valence-electron chi connectivity index (χ3n) is 3.28. The summed E-state index contributed by atoms with van der Waals surface area (Å²) in [6.45, 7) is 0. The Kier molecular flexibility index (Phi) is 4.35. The molecule has 19 heavy (non-hydrogen) atoms. The van der Waals surface area contributed by atoms with Gasteiger partial charge in [0, 0.05) is 11.1 Å². The van der Waals surface area contributed by atoms with Crippen molar-refractivity contribution in [1.29, 1.82) is 0 Å². The Labute approximate surface area is 117 Å². The predicted octanol–water partition coefficient (Wildman–Crippen LogP) is 1.50. The first kappa shape index (κ1) is 14.6. The molecule has 0 aliphatic heterocycles. The second-order valence-electron chi connectivity index (χ2n) is 4.81. The first-order chi connectivity index (χ1) is 8.88. The Balaban J connectivity index is 2.14. The highest BCUT2D eigenvalue weighted by Crippen LogP contribution is 2.25. The predicted molar refractivity (Wildman–Crippen MR) is 74.4 cm³/mol. The quantitative estimate of drug-likeness (QED) is 0.738. The van der Waals surface area contributed by atoms with Gasteiger partial charge in [-0.25, -0.2) is 13.1 Å². The molecule has 106 valence electrons. The van der Waals surface area contributed by atoms with E-state index in [0.717, 1.165) is 0 Å². The molecule has 0 unspecified atom stereocenters. The normalized spacial score (nSPS) is 24.3. The minimum Gasteiger partial charge on any atom is -0.398 e. The molecule has 0 bridgehead atoms. The maximum Gasteiger partial charge on any atom is 0.242 e. The van der Waals surface area contributed by atoms with Gasteiger partial charge in [0.25, 0.3) is 0 Å². The summed E-state index contributed by atoms with van der Waals surface area (Å²) < 4.78 is 27.1. The van der Waals surface area contributed by atoms with Gasteiger partial charge >= 0.3 is 0 Å². The largest absolute Gasteiger partial charge is 0.398 e. The van der Waals surface area contributed by atoms with E-state index in [2.05, 4.69) is 4.72 Å². The van der Waals surface area contributed by atoms with Crippen LogP contribution in [0.5, 0.6) is 0 Å². The summed E-state index contributed by atoms with van der Waals surface area (Å²) in [4.78, 5) is 0.0445. The number of benzene rings is 1. The van der Waals surface area contributed by atoms with E-state index in [1.54, 1.807) is 0 Å². The summed E-state index contributed by atoms with van der Waals surface area (Å²) in [6.07, 6.45) is 2.18. The topological polar surface area (TPSA) is 92.4 Å². The Morgan fingerprint density at radius 2 is 1.89 bits per heavy atom. The Morgan fingerprint density at radius 3 is 2.47 bits per heavy atom. The summed E-state index contributed by atoms with van der Waals surface area (Å²) in [6, 6.07) is 4.17. The maximum atomic E-state index is 12.2. The molecule has 1 fully saturated rings. The smallest absolute Gasteiger partial charge is 0.242 e. The van der Waals surface area contributed by atoms with E-state index in [1.807, 2.05) is 0 Å². The molecule has 0 spiro atoms. The first-order valence-electron chi connectivity index (χ1n) is 6.14. The summed E-state index contributed by atoms with van der Waals surface area (Å²) in [5, 5.41) is 9.81. The molecule has 5 nitrogen and oxygen atoms in total. The number of nitrogens with two attached hydrogens (primary N) is 1. The zero-order valence-electron chi connectivity index (χ0n) is 10.3. The standard InChI is InChI=1S/C12H17ClN2O3S/c13-8-1-6-12(11(14)7-8)19(17,18)15-9-2-4-10(16)5-3-9/h1,6-7,9-10,15-16H,2-5,14H2. The van der Waals surface area contributed by atoms with Crippen molar-refractivity contribution in [2.75, 3.05) is 5.73 Å². The van der Waals surface area contributed by atoms with Crippen LogP contribution in [0.2, 0.25) is 5.02 Å². The van der Waals surface area contributed by atoms with Crippen molar-refractivity contribution >= 4 is 27.3 Å². The number of rotatable bonds is 3. The molecule has 4 N–H and O–H groups in total. The van der Waals surface area contributed by atoms with Gasteiger partial charge in [-0.05, 0) is 43.9 Å². The van der Waals surface area contributed by atoms with Gasteiger partial charge < -0.3 is 10.8 Å². The number of sulfonamides is 1. The van der Waals surface area contributed by atoms with Crippen LogP contribution in [0.3, 0.4) is 0 Å². The van der Waals surface area contributed by atoms with Crippen LogP contribution in [0.25, 0.3) is 0 Å². The molecule has 0 aromatic heterocycles. The van der Waals surface area contributed by atoms with Gasteiger partial charge in [0.2, 0.25) is 10.0 Å². The summed E-state index contributed by atoms with van der Waals surface area (Å²) >= 11 is 5.75. The fourth-order valence-electron chi connectivity index (χ4n) is 2.24. The summed E-state index contributed by atoms with van der Waals surface area (Å²) in [7, 11) is -3.64. The average molecular weight is 305 g/mol. The zero-order valence-corrected chi connectivity index (χ0v) is 11.9. The average Bonchev–Trinajstić information content (AvgIpc) is 2.31. The van der Waals surface area contributed by atoms with Gasteiger partial charge in [-0.3, -0.25) is 0 Å². The molecule has 0 heterocycles. The number of aliphatic hydroxyl groups excluding tert-OH is 1. The number of anilines is 1. The number of halogens is 1. The minimum absolute atomic E-state index is 0.0445. The molecule has 1 aliphatic carbocycles. The SMILES string of the molecule is Nc1cc(Cl)ccc1S(=O)(=O)NC1CCC(O)CC1. The van der Waals surface area contributed by atoms with Crippen LogP contribution >= 0.6 is 11.6 Å². The number of aliphatic hydroxyl groups is 1. The van der Waals surface area contributed by atoms with Gasteiger partial charge in [0.1, 0.15) is 4.90 Å². The Bertz CT molecular complexity index is 554. The minimum atomic E-state index is -3.64. The van der Waals surface area contributed by atoms with Gasteiger partial charge in [-0.2, -0.15) is 0 Å². The Hall–Kier alpha value is -0.820. The van der Waals surface area contributed by atoms with Crippen LogP contribution in [0, 0.1) is 0 Å². The molecule has 0 saturated heterocycles. The van der Waals surface area contributed by atoms with Gasteiger partial charge in [-0.1, -0.05) is 11.6 Å². The van der Waals surface area contributed by atoms with Crippen LogP contribution in [0.4, 0.5) is 5.69 Å². The molecule has 1 aliphatic rings. The number of hydrogen-bond donors (Lipinski definition) is 3. The second-order valence-corrected chi connectivity index (χ2v) is 6.93. The highest BCUT2D eigenvalue weighted by atomic mass is 35.5. The van der Waals surface area contributed by atoms with E-state index < -0.39 is 10.0 Å². The highest BCUT2D eigenvalue weighted by molar-refractivity contribution is 7.89. The Morgan fingerprint density at radius 1 is 1.26 bits per heavy atom. The van der Waals surface area contributed by atoms with Gasteiger partial charge in [0.15, 0.2) is 0 Å². The van der Waals surface area contributed by atoms with E-state index in [0.29, 0.717) is 30.7 Å². The fraction of sp³-hybridized carbons (Fsp3) is 0.500. The van der Waals surface area contributed by atoms with Crippen LogP contribution in [0.15, 0.2) is 23.1 Å². The van der Waals surface area contributed by atoms with Crippen molar-refractivity contribution in [2.45, 2.75) is 42.7 Å². The summed E-state index contributed by atoms with van der Waals surface area (Å²) in [5.74, 6) is 0. The van der Waals surface area contributed by atoms with Crippen LogP contribution in [0.1, 0.15) is 25.7 Å². The third-order valence-corrected chi connectivity index (χ3v) is 5.11. The monoisotopic (exact) mass is 304 g/mol. The van der Waals surface area contributed by atoms with E-state index in [1.165, 1.54) is 18.2 Å². The van der Waals surface area contributed by atoms with Crippen molar-refractivity contribution in [3.8, 4) is 0 Å². The molecule has 1 aromatic carbocycles. The van der Waals surface area contributed by atoms with E-state index in [4.69, 9.17) is 17.3 Å². The molecule has 1 aromatic rings. The van der Waals surface area contributed by atoms with Crippen molar-refractivity contribution in [3.63, 3.8) is 0 Å². The summed E-state index contributed by atoms with van der Waals surface area (Å²) in [5.41, 5.74) is 5.83. The van der Waals surface area contributed by atoms with Crippen LogP contribution in [-0.2, 0) is 10.0 Å². The molecule has 2 rings (SSSR count). The van der Waals surface area contributed by atoms with Crippen molar-refractivity contribution in [2.24, 2.45) is 0 Å². The molecule has 7 heteroatoms. The zero-order chi connectivity index (χ0) is 14.0.